The highest BCUT2D eigenvalue weighted by molar-refractivity contribution is 7.90. The van der Waals surface area contributed by atoms with Gasteiger partial charge in [-0.25, -0.2) is 8.42 Å². The van der Waals surface area contributed by atoms with Crippen LogP contribution in [-0.2, 0) is 9.84 Å². The first-order valence-electron chi connectivity index (χ1n) is 7.06. The van der Waals surface area contributed by atoms with Gasteiger partial charge in [0.25, 0.3) is 5.91 Å². The van der Waals surface area contributed by atoms with Crippen molar-refractivity contribution in [2.75, 3.05) is 33.4 Å². The van der Waals surface area contributed by atoms with Crippen molar-refractivity contribution in [3.8, 4) is 0 Å². The van der Waals surface area contributed by atoms with Crippen LogP contribution >= 0.6 is 11.6 Å². The first-order valence-corrected chi connectivity index (χ1v) is 9.33. The monoisotopic (exact) mass is 344 g/mol. The summed E-state index contributed by atoms with van der Waals surface area (Å²) in [6.07, 6.45) is 1.12. The third-order valence-electron chi connectivity index (χ3n) is 4.12. The Balaban J connectivity index is 2.31. The number of carbonyl (C=O) groups excluding carboxylic acids is 1. The smallest absolute Gasteiger partial charge is 0.255 e. The molecular weight excluding hydrogens is 324 g/mol. The van der Waals surface area contributed by atoms with E-state index in [1.54, 1.807) is 4.90 Å². The van der Waals surface area contributed by atoms with Crippen LogP contribution < -0.4 is 0 Å². The first kappa shape index (κ1) is 17.2. The predicted octanol–water partition coefficient (Wildman–Crippen LogP) is 1.77. The SMILES string of the molecule is C[C@H]1CN(C(=O)c2cc(S(C)(=O)=O)ccc2Cl)C[C@H]1N(C)C. The van der Waals surface area contributed by atoms with Gasteiger partial charge in [0, 0.05) is 25.4 Å². The van der Waals surface area contributed by atoms with Crippen LogP contribution in [0.2, 0.25) is 5.02 Å². The molecule has 1 aliphatic rings. The summed E-state index contributed by atoms with van der Waals surface area (Å²) in [7, 11) is 0.613. The maximum atomic E-state index is 12.7. The lowest BCUT2D eigenvalue weighted by molar-refractivity contribution is 0.0781. The zero-order valence-corrected chi connectivity index (χ0v) is 14.8. The average molecular weight is 345 g/mol. The number of rotatable bonds is 3. The molecule has 1 heterocycles. The Morgan fingerprint density at radius 2 is 1.95 bits per heavy atom. The molecule has 0 saturated carbocycles. The molecule has 0 aliphatic carbocycles. The van der Waals surface area contributed by atoms with Gasteiger partial charge in [0.15, 0.2) is 9.84 Å². The van der Waals surface area contributed by atoms with Gasteiger partial charge in [-0.2, -0.15) is 0 Å². The summed E-state index contributed by atoms with van der Waals surface area (Å²) in [5.74, 6) is 0.141. The van der Waals surface area contributed by atoms with Gasteiger partial charge in [-0.15, -0.1) is 0 Å². The topological polar surface area (TPSA) is 57.7 Å². The lowest BCUT2D eigenvalue weighted by atomic mass is 10.1. The van der Waals surface area contributed by atoms with Crippen LogP contribution in [0.4, 0.5) is 0 Å². The zero-order chi connectivity index (χ0) is 16.7. The van der Waals surface area contributed by atoms with E-state index >= 15 is 0 Å². The molecule has 1 aliphatic heterocycles. The molecule has 7 heteroatoms. The number of hydrogen-bond acceptors (Lipinski definition) is 4. The highest BCUT2D eigenvalue weighted by Crippen LogP contribution is 2.26. The molecule has 0 aromatic heterocycles. The number of hydrogen-bond donors (Lipinski definition) is 0. The van der Waals surface area contributed by atoms with Gasteiger partial charge in [0.1, 0.15) is 0 Å². The van der Waals surface area contributed by atoms with E-state index < -0.39 is 9.84 Å². The van der Waals surface area contributed by atoms with E-state index in [9.17, 15) is 13.2 Å². The van der Waals surface area contributed by atoms with Crippen LogP contribution in [0, 0.1) is 5.92 Å². The summed E-state index contributed by atoms with van der Waals surface area (Å²) < 4.78 is 23.3. The average Bonchev–Trinajstić information content (AvgIpc) is 2.79. The van der Waals surface area contributed by atoms with Gasteiger partial charge in [-0.05, 0) is 38.2 Å². The summed E-state index contributed by atoms with van der Waals surface area (Å²) in [6.45, 7) is 3.36. The number of likely N-dealkylation sites (N-methyl/N-ethyl adjacent to an activating group) is 1. The maximum Gasteiger partial charge on any atom is 0.255 e. The predicted molar refractivity (Wildman–Crippen MR) is 87.1 cm³/mol. The van der Waals surface area contributed by atoms with E-state index in [-0.39, 0.29) is 21.4 Å². The summed E-state index contributed by atoms with van der Waals surface area (Å²) in [5.41, 5.74) is 0.246. The molecule has 0 N–H and O–H groups in total. The van der Waals surface area contributed by atoms with Crippen molar-refractivity contribution in [2.45, 2.75) is 17.9 Å². The summed E-state index contributed by atoms with van der Waals surface area (Å²) >= 11 is 6.10. The van der Waals surface area contributed by atoms with Crippen molar-refractivity contribution >= 4 is 27.3 Å². The van der Waals surface area contributed by atoms with E-state index in [1.165, 1.54) is 18.2 Å². The number of halogens is 1. The van der Waals surface area contributed by atoms with Gasteiger partial charge in [0.05, 0.1) is 15.5 Å². The van der Waals surface area contributed by atoms with Crippen LogP contribution in [0.1, 0.15) is 17.3 Å². The largest absolute Gasteiger partial charge is 0.337 e. The molecule has 1 aromatic carbocycles. The summed E-state index contributed by atoms with van der Waals surface area (Å²) in [5, 5.41) is 0.276. The number of carbonyl (C=O) groups is 1. The van der Waals surface area contributed by atoms with Gasteiger partial charge in [-0.3, -0.25) is 4.79 Å². The third-order valence-corrected chi connectivity index (χ3v) is 5.56. The fourth-order valence-electron chi connectivity index (χ4n) is 2.86. The maximum absolute atomic E-state index is 12.7. The summed E-state index contributed by atoms with van der Waals surface area (Å²) in [6, 6.07) is 4.55. The molecule has 2 rings (SSSR count). The number of nitrogens with zero attached hydrogens (tertiary/aromatic N) is 2. The molecule has 1 fully saturated rings. The van der Waals surface area contributed by atoms with Crippen molar-refractivity contribution in [1.82, 2.24) is 9.80 Å². The van der Waals surface area contributed by atoms with E-state index in [2.05, 4.69) is 11.8 Å². The van der Waals surface area contributed by atoms with Crippen LogP contribution in [0.5, 0.6) is 0 Å². The fraction of sp³-hybridized carbons (Fsp3) is 0.533. The Kier molecular flexibility index (Phi) is 4.84. The number of sulfone groups is 1. The molecule has 0 spiro atoms. The van der Waals surface area contributed by atoms with Crippen molar-refractivity contribution < 1.29 is 13.2 Å². The minimum Gasteiger partial charge on any atom is -0.337 e. The standard InChI is InChI=1S/C15H21ClN2O3S/c1-10-8-18(9-14(10)17(2)3)15(19)12-7-11(22(4,20)21)5-6-13(12)16/h5-7,10,14H,8-9H2,1-4H3/t10-,14+/m0/s1. The Labute approximate surface area is 136 Å². The normalized spacial score (nSPS) is 22.4. The molecule has 0 unspecified atom stereocenters. The second-order valence-electron chi connectivity index (χ2n) is 6.13. The third kappa shape index (κ3) is 3.45. The van der Waals surface area contributed by atoms with E-state index in [0.29, 0.717) is 25.0 Å². The van der Waals surface area contributed by atoms with E-state index in [1.807, 2.05) is 14.1 Å². The van der Waals surface area contributed by atoms with Crippen molar-refractivity contribution in [3.05, 3.63) is 28.8 Å². The lowest BCUT2D eigenvalue weighted by Gasteiger charge is -2.22. The number of benzene rings is 1. The Hall–Kier alpha value is -1.11. The zero-order valence-electron chi connectivity index (χ0n) is 13.2. The highest BCUT2D eigenvalue weighted by atomic mass is 35.5. The Morgan fingerprint density at radius 3 is 2.45 bits per heavy atom. The molecule has 0 radical (unpaired) electrons. The van der Waals surface area contributed by atoms with Crippen molar-refractivity contribution in [3.63, 3.8) is 0 Å². The molecule has 22 heavy (non-hydrogen) atoms. The van der Waals surface area contributed by atoms with Gasteiger partial charge < -0.3 is 9.80 Å². The Morgan fingerprint density at radius 1 is 1.32 bits per heavy atom. The van der Waals surface area contributed by atoms with Gasteiger partial charge in [-0.1, -0.05) is 18.5 Å². The van der Waals surface area contributed by atoms with Crippen LogP contribution in [0.25, 0.3) is 0 Å². The molecule has 1 aromatic rings. The quantitative estimate of drug-likeness (QED) is 0.838. The van der Waals surface area contributed by atoms with Gasteiger partial charge in [0.2, 0.25) is 0 Å². The van der Waals surface area contributed by atoms with Gasteiger partial charge >= 0.3 is 0 Å². The highest BCUT2D eigenvalue weighted by Gasteiger charge is 2.34. The Bertz CT molecular complexity index is 688. The second kappa shape index (κ2) is 6.18. The van der Waals surface area contributed by atoms with Crippen LogP contribution in [-0.4, -0.2) is 63.6 Å². The lowest BCUT2D eigenvalue weighted by Crippen LogP contribution is -2.35. The van der Waals surface area contributed by atoms with Crippen LogP contribution in [0.3, 0.4) is 0 Å². The number of amides is 1. The summed E-state index contributed by atoms with van der Waals surface area (Å²) in [4.78, 5) is 16.6. The van der Waals surface area contributed by atoms with E-state index in [0.717, 1.165) is 6.26 Å². The molecule has 1 amide bonds. The molecule has 0 bridgehead atoms. The molecule has 122 valence electrons. The molecule has 1 saturated heterocycles. The molecule has 2 atom stereocenters. The minimum atomic E-state index is -3.37. The first-order chi connectivity index (χ1) is 10.1. The van der Waals surface area contributed by atoms with Crippen LogP contribution in [0.15, 0.2) is 23.1 Å². The van der Waals surface area contributed by atoms with E-state index in [4.69, 9.17) is 11.6 Å². The fourth-order valence-corrected chi connectivity index (χ4v) is 3.70. The molecular formula is C15H21ClN2O3S. The molecule has 5 nitrogen and oxygen atoms in total. The second-order valence-corrected chi connectivity index (χ2v) is 8.56. The van der Waals surface area contributed by atoms with Crippen molar-refractivity contribution in [1.29, 1.82) is 0 Å². The number of likely N-dealkylation sites (tertiary alicyclic amines) is 1. The minimum absolute atomic E-state index is 0.108. The van der Waals surface area contributed by atoms with Crippen molar-refractivity contribution in [2.24, 2.45) is 5.92 Å².